The van der Waals surface area contributed by atoms with Gasteiger partial charge in [-0.15, -0.1) is 11.3 Å². The maximum Gasteiger partial charge on any atom is 0.0965 e. The molecule has 0 radical (unpaired) electrons. The van der Waals surface area contributed by atoms with Crippen molar-refractivity contribution in [2.45, 2.75) is 39.2 Å². The minimum absolute atomic E-state index is 0.377. The number of hydrogen-bond donors (Lipinski definition) is 1. The van der Waals surface area contributed by atoms with Crippen LogP contribution >= 0.6 is 11.3 Å². The van der Waals surface area contributed by atoms with Crippen molar-refractivity contribution in [3.8, 4) is 0 Å². The summed E-state index contributed by atoms with van der Waals surface area (Å²) >= 11 is 1.82. The van der Waals surface area contributed by atoms with Gasteiger partial charge in [0.05, 0.1) is 10.7 Å². The molecule has 0 aliphatic heterocycles. The highest BCUT2D eigenvalue weighted by Gasteiger charge is 2.48. The van der Waals surface area contributed by atoms with Gasteiger partial charge >= 0.3 is 0 Å². The van der Waals surface area contributed by atoms with Crippen LogP contribution in [-0.4, -0.2) is 12.0 Å². The fraction of sp³-hybridized carbons (Fsp3) is 0.727. The summed E-state index contributed by atoms with van der Waals surface area (Å²) in [5.74, 6) is 0.713. The molecule has 2 unspecified atom stereocenters. The molecule has 0 amide bonds. The summed E-state index contributed by atoms with van der Waals surface area (Å²) in [6.07, 6.45) is 1.30. The largest absolute Gasteiger partial charge is 0.312 e. The lowest BCUT2D eigenvalue weighted by molar-refractivity contribution is 0.610. The normalized spacial score (nSPS) is 26.1. The monoisotopic (exact) mass is 210 g/mol. The van der Waals surface area contributed by atoms with E-state index < -0.39 is 0 Å². The molecular weight excluding hydrogens is 192 g/mol. The molecule has 0 spiro atoms. The molecule has 0 saturated heterocycles. The van der Waals surface area contributed by atoms with Crippen LogP contribution in [0.3, 0.4) is 0 Å². The molecule has 2 nitrogen and oxygen atoms in total. The van der Waals surface area contributed by atoms with Crippen molar-refractivity contribution in [2.75, 3.05) is 7.05 Å². The molecule has 1 aliphatic rings. The second-order valence-corrected chi connectivity index (χ2v) is 5.76. The lowest BCUT2D eigenvalue weighted by Gasteiger charge is -2.05. The van der Waals surface area contributed by atoms with Gasteiger partial charge in [-0.2, -0.15) is 0 Å². The van der Waals surface area contributed by atoms with Gasteiger partial charge in [-0.1, -0.05) is 13.8 Å². The Hall–Kier alpha value is -0.410. The lowest BCUT2D eigenvalue weighted by Crippen LogP contribution is -2.12. The van der Waals surface area contributed by atoms with Gasteiger partial charge in [-0.3, -0.25) is 0 Å². The van der Waals surface area contributed by atoms with Crippen LogP contribution in [-0.2, 0) is 0 Å². The average Bonchev–Trinajstić information content (AvgIpc) is 2.64. The number of aromatic nitrogens is 1. The first-order chi connectivity index (χ1) is 6.54. The molecule has 78 valence electrons. The SMILES string of the molecule is CNC(C)c1csc(C2CC2(C)C)n1. The second kappa shape index (κ2) is 3.31. The number of hydrogen-bond acceptors (Lipinski definition) is 3. The van der Waals surface area contributed by atoms with E-state index in [2.05, 4.69) is 31.5 Å². The van der Waals surface area contributed by atoms with E-state index in [-0.39, 0.29) is 0 Å². The molecule has 1 saturated carbocycles. The molecule has 14 heavy (non-hydrogen) atoms. The zero-order valence-electron chi connectivity index (χ0n) is 9.29. The predicted octanol–water partition coefficient (Wildman–Crippen LogP) is 2.94. The first-order valence-corrected chi connectivity index (χ1v) is 6.05. The van der Waals surface area contributed by atoms with Crippen molar-refractivity contribution >= 4 is 11.3 Å². The summed E-state index contributed by atoms with van der Waals surface area (Å²) in [5.41, 5.74) is 1.69. The van der Waals surface area contributed by atoms with Crippen LogP contribution in [0, 0.1) is 5.41 Å². The van der Waals surface area contributed by atoms with Crippen LogP contribution in [0.15, 0.2) is 5.38 Å². The van der Waals surface area contributed by atoms with Crippen molar-refractivity contribution in [1.82, 2.24) is 10.3 Å². The van der Waals surface area contributed by atoms with E-state index in [1.54, 1.807) is 0 Å². The minimum atomic E-state index is 0.377. The van der Waals surface area contributed by atoms with Crippen LogP contribution in [0.25, 0.3) is 0 Å². The quantitative estimate of drug-likeness (QED) is 0.829. The third-order valence-corrected chi connectivity index (χ3v) is 4.20. The Morgan fingerprint density at radius 2 is 2.29 bits per heavy atom. The van der Waals surface area contributed by atoms with Crippen LogP contribution < -0.4 is 5.32 Å². The van der Waals surface area contributed by atoms with Gasteiger partial charge < -0.3 is 5.32 Å². The van der Waals surface area contributed by atoms with E-state index in [9.17, 15) is 0 Å². The van der Waals surface area contributed by atoms with Crippen LogP contribution in [0.4, 0.5) is 0 Å². The van der Waals surface area contributed by atoms with Gasteiger partial charge in [0.2, 0.25) is 0 Å². The van der Waals surface area contributed by atoms with Gasteiger partial charge in [0.1, 0.15) is 0 Å². The zero-order chi connectivity index (χ0) is 10.3. The van der Waals surface area contributed by atoms with Gasteiger partial charge in [0.15, 0.2) is 0 Å². The van der Waals surface area contributed by atoms with Crippen LogP contribution in [0.1, 0.15) is 49.9 Å². The minimum Gasteiger partial charge on any atom is -0.312 e. The fourth-order valence-corrected chi connectivity index (χ4v) is 2.92. The Labute approximate surface area is 89.8 Å². The Bertz CT molecular complexity index is 330. The third kappa shape index (κ3) is 1.71. The maximum atomic E-state index is 4.69. The van der Waals surface area contributed by atoms with Crippen molar-refractivity contribution < 1.29 is 0 Å². The molecule has 0 bridgehead atoms. The molecule has 1 aliphatic carbocycles. The average molecular weight is 210 g/mol. The van der Waals surface area contributed by atoms with Crippen molar-refractivity contribution in [3.05, 3.63) is 16.1 Å². The number of rotatable bonds is 3. The molecule has 3 heteroatoms. The van der Waals surface area contributed by atoms with E-state index in [1.807, 2.05) is 18.4 Å². The van der Waals surface area contributed by atoms with E-state index in [0.717, 1.165) is 0 Å². The first kappa shape index (κ1) is 10.1. The third-order valence-electron chi connectivity index (χ3n) is 3.23. The zero-order valence-corrected chi connectivity index (χ0v) is 10.1. The molecule has 2 rings (SSSR count). The van der Waals surface area contributed by atoms with E-state index >= 15 is 0 Å². The van der Waals surface area contributed by atoms with Gasteiger partial charge in [-0.05, 0) is 25.8 Å². The Morgan fingerprint density at radius 1 is 1.64 bits per heavy atom. The predicted molar refractivity (Wildman–Crippen MR) is 60.7 cm³/mol. The van der Waals surface area contributed by atoms with Gasteiger partial charge in [0, 0.05) is 17.3 Å². The highest BCUT2D eigenvalue weighted by atomic mass is 32.1. The van der Waals surface area contributed by atoms with E-state index in [4.69, 9.17) is 4.98 Å². The van der Waals surface area contributed by atoms with Crippen molar-refractivity contribution in [2.24, 2.45) is 5.41 Å². The Balaban J connectivity index is 2.11. The summed E-state index contributed by atoms with van der Waals surface area (Å²) in [6.45, 7) is 6.79. The standard InChI is InChI=1S/C11H18N2S/c1-7(12-4)9-6-14-10(13-9)8-5-11(8,2)3/h6-8,12H,5H2,1-4H3. The fourth-order valence-electron chi connectivity index (χ4n) is 1.70. The topological polar surface area (TPSA) is 24.9 Å². The number of nitrogens with one attached hydrogen (secondary N) is 1. The Morgan fingerprint density at radius 3 is 2.79 bits per heavy atom. The van der Waals surface area contributed by atoms with Gasteiger partial charge in [-0.25, -0.2) is 4.98 Å². The molecule has 1 heterocycles. The molecule has 2 atom stereocenters. The summed E-state index contributed by atoms with van der Waals surface area (Å²) in [7, 11) is 1.98. The highest BCUT2D eigenvalue weighted by molar-refractivity contribution is 7.09. The van der Waals surface area contributed by atoms with Crippen LogP contribution in [0.2, 0.25) is 0 Å². The molecule has 0 aromatic carbocycles. The van der Waals surface area contributed by atoms with E-state index in [1.165, 1.54) is 17.1 Å². The maximum absolute atomic E-state index is 4.69. The van der Waals surface area contributed by atoms with Crippen molar-refractivity contribution in [1.29, 1.82) is 0 Å². The number of thiazole rings is 1. The molecule has 1 aromatic heterocycles. The first-order valence-electron chi connectivity index (χ1n) is 5.17. The Kier molecular flexibility index (Phi) is 2.40. The number of nitrogens with zero attached hydrogens (tertiary/aromatic N) is 1. The molecule has 1 fully saturated rings. The van der Waals surface area contributed by atoms with Crippen LogP contribution in [0.5, 0.6) is 0 Å². The summed E-state index contributed by atoms with van der Waals surface area (Å²) in [4.78, 5) is 4.69. The summed E-state index contributed by atoms with van der Waals surface area (Å²) in [6, 6.07) is 0.377. The summed E-state index contributed by atoms with van der Waals surface area (Å²) in [5, 5.41) is 6.73. The lowest BCUT2D eigenvalue weighted by atomic mass is 10.1. The van der Waals surface area contributed by atoms with Gasteiger partial charge in [0.25, 0.3) is 0 Å². The molecule has 1 N–H and O–H groups in total. The highest BCUT2D eigenvalue weighted by Crippen LogP contribution is 2.59. The van der Waals surface area contributed by atoms with Crippen molar-refractivity contribution in [3.63, 3.8) is 0 Å². The molecular formula is C11H18N2S. The molecule has 1 aromatic rings. The second-order valence-electron chi connectivity index (χ2n) is 4.87. The van der Waals surface area contributed by atoms with E-state index in [0.29, 0.717) is 17.4 Å². The smallest absolute Gasteiger partial charge is 0.0965 e. The summed E-state index contributed by atoms with van der Waals surface area (Å²) < 4.78 is 0.